The number of anilines is 1. The van der Waals surface area contributed by atoms with Gasteiger partial charge in [-0.3, -0.25) is 0 Å². The minimum atomic E-state index is 0.0379. The summed E-state index contributed by atoms with van der Waals surface area (Å²) in [5.41, 5.74) is 0.790. The maximum Gasteiger partial charge on any atom is 0.185 e. The standard InChI is InChI=1S/C7H12N2OS/c1-5-6(4-10)8-7(11-5)9(2)3/h10H,4H2,1-3H3. The molecule has 1 heterocycles. The van der Waals surface area contributed by atoms with Crippen molar-refractivity contribution in [1.82, 2.24) is 4.98 Å². The molecule has 0 spiro atoms. The molecule has 1 N–H and O–H groups in total. The summed E-state index contributed by atoms with van der Waals surface area (Å²) in [6, 6.07) is 0. The topological polar surface area (TPSA) is 36.4 Å². The van der Waals surface area contributed by atoms with Crippen molar-refractivity contribution in [3.63, 3.8) is 0 Å². The predicted octanol–water partition coefficient (Wildman–Crippen LogP) is 1.01. The fourth-order valence-corrected chi connectivity index (χ4v) is 1.59. The molecule has 62 valence electrons. The Hall–Kier alpha value is -0.610. The third-order valence-corrected chi connectivity index (χ3v) is 2.59. The highest BCUT2D eigenvalue weighted by Crippen LogP contribution is 2.23. The first-order valence-corrected chi connectivity index (χ1v) is 4.21. The van der Waals surface area contributed by atoms with Crippen LogP contribution in [0, 0.1) is 6.92 Å². The van der Waals surface area contributed by atoms with E-state index in [-0.39, 0.29) is 6.61 Å². The van der Waals surface area contributed by atoms with Crippen LogP contribution in [0.4, 0.5) is 5.13 Å². The molecule has 0 amide bonds. The van der Waals surface area contributed by atoms with Crippen LogP contribution in [0.15, 0.2) is 0 Å². The van der Waals surface area contributed by atoms with Gasteiger partial charge < -0.3 is 10.0 Å². The van der Waals surface area contributed by atoms with Gasteiger partial charge in [-0.1, -0.05) is 0 Å². The molecule has 0 atom stereocenters. The van der Waals surface area contributed by atoms with Crippen LogP contribution in [-0.4, -0.2) is 24.2 Å². The Morgan fingerprint density at radius 3 is 2.45 bits per heavy atom. The van der Waals surface area contributed by atoms with Gasteiger partial charge >= 0.3 is 0 Å². The highest BCUT2D eigenvalue weighted by atomic mass is 32.1. The van der Waals surface area contributed by atoms with E-state index in [9.17, 15) is 0 Å². The lowest BCUT2D eigenvalue weighted by Crippen LogP contribution is -2.07. The van der Waals surface area contributed by atoms with Gasteiger partial charge in [-0.15, -0.1) is 11.3 Å². The molecule has 3 nitrogen and oxygen atoms in total. The summed E-state index contributed by atoms with van der Waals surface area (Å²) in [5, 5.41) is 9.79. The molecular formula is C7H12N2OS. The minimum absolute atomic E-state index is 0.0379. The van der Waals surface area contributed by atoms with Crippen LogP contribution in [0.3, 0.4) is 0 Å². The molecule has 0 fully saturated rings. The number of nitrogens with zero attached hydrogens (tertiary/aromatic N) is 2. The number of aromatic nitrogens is 1. The molecule has 0 radical (unpaired) electrons. The second-order valence-electron chi connectivity index (χ2n) is 2.55. The number of rotatable bonds is 2. The second-order valence-corrected chi connectivity index (χ2v) is 3.73. The van der Waals surface area contributed by atoms with Crippen molar-refractivity contribution in [1.29, 1.82) is 0 Å². The van der Waals surface area contributed by atoms with Crippen LogP contribution in [0.5, 0.6) is 0 Å². The Kier molecular flexibility index (Phi) is 2.46. The van der Waals surface area contributed by atoms with Crippen molar-refractivity contribution in [3.05, 3.63) is 10.6 Å². The maximum atomic E-state index is 8.84. The summed E-state index contributed by atoms with van der Waals surface area (Å²) >= 11 is 1.60. The van der Waals surface area contributed by atoms with E-state index in [1.54, 1.807) is 11.3 Å². The van der Waals surface area contributed by atoms with Crippen molar-refractivity contribution < 1.29 is 5.11 Å². The molecule has 0 aromatic carbocycles. The molecule has 0 aliphatic heterocycles. The molecule has 0 aliphatic rings. The SMILES string of the molecule is Cc1sc(N(C)C)nc1CO. The molecule has 11 heavy (non-hydrogen) atoms. The molecular weight excluding hydrogens is 160 g/mol. The largest absolute Gasteiger partial charge is 0.390 e. The van der Waals surface area contributed by atoms with E-state index in [4.69, 9.17) is 5.11 Å². The maximum absolute atomic E-state index is 8.84. The van der Waals surface area contributed by atoms with Crippen LogP contribution in [0.2, 0.25) is 0 Å². The monoisotopic (exact) mass is 172 g/mol. The number of hydrogen-bond donors (Lipinski definition) is 1. The van der Waals surface area contributed by atoms with Crippen molar-refractivity contribution in [2.45, 2.75) is 13.5 Å². The molecule has 0 saturated heterocycles. The van der Waals surface area contributed by atoms with Gasteiger partial charge in [-0.05, 0) is 6.92 Å². The van der Waals surface area contributed by atoms with Crippen LogP contribution >= 0.6 is 11.3 Å². The third kappa shape index (κ3) is 1.70. The number of aryl methyl sites for hydroxylation is 1. The first kappa shape index (κ1) is 8.49. The van der Waals surface area contributed by atoms with Gasteiger partial charge in [0.05, 0.1) is 12.3 Å². The zero-order valence-electron chi connectivity index (χ0n) is 6.96. The molecule has 0 unspecified atom stereocenters. The first-order valence-electron chi connectivity index (χ1n) is 3.39. The normalized spacial score (nSPS) is 10.2. The van der Waals surface area contributed by atoms with Crippen molar-refractivity contribution >= 4 is 16.5 Å². The molecule has 1 aromatic heterocycles. The van der Waals surface area contributed by atoms with Gasteiger partial charge in [-0.25, -0.2) is 4.98 Å². The van der Waals surface area contributed by atoms with Gasteiger partial charge in [0.25, 0.3) is 0 Å². The number of thiazole rings is 1. The predicted molar refractivity (Wildman–Crippen MR) is 47.1 cm³/mol. The summed E-state index contributed by atoms with van der Waals surface area (Å²) in [5.74, 6) is 0. The molecule has 1 aromatic rings. The average Bonchev–Trinajstić information content (AvgIpc) is 2.31. The fraction of sp³-hybridized carbons (Fsp3) is 0.571. The van der Waals surface area contributed by atoms with E-state index in [0.29, 0.717) is 0 Å². The Balaban J connectivity index is 2.95. The number of aliphatic hydroxyl groups is 1. The Labute approximate surface area is 70.3 Å². The van der Waals surface area contributed by atoms with E-state index in [2.05, 4.69) is 4.98 Å². The van der Waals surface area contributed by atoms with E-state index < -0.39 is 0 Å². The van der Waals surface area contributed by atoms with Gasteiger partial charge in [0.15, 0.2) is 5.13 Å². The molecule has 0 aliphatic carbocycles. The lowest BCUT2D eigenvalue weighted by molar-refractivity contribution is 0.277. The van der Waals surface area contributed by atoms with E-state index >= 15 is 0 Å². The average molecular weight is 172 g/mol. The highest BCUT2D eigenvalue weighted by molar-refractivity contribution is 7.15. The second kappa shape index (κ2) is 3.19. The quantitative estimate of drug-likeness (QED) is 0.723. The van der Waals surface area contributed by atoms with Gasteiger partial charge in [-0.2, -0.15) is 0 Å². The van der Waals surface area contributed by atoms with Gasteiger partial charge in [0.1, 0.15) is 0 Å². The number of aliphatic hydroxyl groups excluding tert-OH is 1. The lowest BCUT2D eigenvalue weighted by atomic mass is 10.4. The minimum Gasteiger partial charge on any atom is -0.390 e. The zero-order valence-corrected chi connectivity index (χ0v) is 7.77. The van der Waals surface area contributed by atoms with E-state index in [0.717, 1.165) is 15.7 Å². The molecule has 4 heteroatoms. The van der Waals surface area contributed by atoms with Gasteiger partial charge in [0.2, 0.25) is 0 Å². The van der Waals surface area contributed by atoms with E-state index in [1.165, 1.54) is 0 Å². The summed E-state index contributed by atoms with van der Waals surface area (Å²) in [6.45, 7) is 2.01. The van der Waals surface area contributed by atoms with Crippen LogP contribution in [0.1, 0.15) is 10.6 Å². The van der Waals surface area contributed by atoms with Crippen molar-refractivity contribution in [2.75, 3.05) is 19.0 Å². The summed E-state index contributed by atoms with van der Waals surface area (Å²) in [7, 11) is 3.89. The Bertz CT molecular complexity index is 245. The smallest absolute Gasteiger partial charge is 0.185 e. The highest BCUT2D eigenvalue weighted by Gasteiger charge is 2.06. The van der Waals surface area contributed by atoms with Crippen LogP contribution in [-0.2, 0) is 6.61 Å². The van der Waals surface area contributed by atoms with Crippen LogP contribution in [0.25, 0.3) is 0 Å². The van der Waals surface area contributed by atoms with Crippen molar-refractivity contribution in [2.24, 2.45) is 0 Å². The first-order chi connectivity index (χ1) is 5.15. The zero-order chi connectivity index (χ0) is 8.43. The third-order valence-electron chi connectivity index (χ3n) is 1.41. The van der Waals surface area contributed by atoms with Crippen LogP contribution < -0.4 is 4.90 Å². The van der Waals surface area contributed by atoms with Gasteiger partial charge in [0, 0.05) is 19.0 Å². The lowest BCUT2D eigenvalue weighted by Gasteiger charge is -2.04. The summed E-state index contributed by atoms with van der Waals surface area (Å²) in [4.78, 5) is 7.26. The Morgan fingerprint density at radius 2 is 2.18 bits per heavy atom. The molecule has 0 saturated carbocycles. The molecule has 1 rings (SSSR count). The Morgan fingerprint density at radius 1 is 1.55 bits per heavy atom. The number of hydrogen-bond acceptors (Lipinski definition) is 4. The summed E-state index contributed by atoms with van der Waals surface area (Å²) < 4.78 is 0. The fourth-order valence-electron chi connectivity index (χ4n) is 0.751. The molecule has 0 bridgehead atoms. The van der Waals surface area contributed by atoms with E-state index in [1.807, 2.05) is 25.9 Å². The van der Waals surface area contributed by atoms with Crippen molar-refractivity contribution in [3.8, 4) is 0 Å². The summed E-state index contributed by atoms with van der Waals surface area (Å²) in [6.07, 6.45) is 0.